The van der Waals surface area contributed by atoms with Crippen LogP contribution < -0.4 is 0 Å². The summed E-state index contributed by atoms with van der Waals surface area (Å²) in [6.45, 7) is 5.84. The molecule has 0 aliphatic carbocycles. The van der Waals surface area contributed by atoms with Gasteiger partial charge in [0.05, 0.1) is 18.9 Å². The molecule has 0 aliphatic heterocycles. The van der Waals surface area contributed by atoms with Crippen molar-refractivity contribution in [1.29, 1.82) is 0 Å². The number of hydrogen-bond donors (Lipinski definition) is 0. The number of carbonyl (C=O) groups excluding carboxylic acids is 1. The highest BCUT2D eigenvalue weighted by atomic mass is 32.2. The maximum Gasteiger partial charge on any atom is 0.334 e. The van der Waals surface area contributed by atoms with Crippen LogP contribution in [-0.4, -0.2) is 29.7 Å². The van der Waals surface area contributed by atoms with Crippen molar-refractivity contribution in [2.45, 2.75) is 45.7 Å². The molecule has 0 saturated carbocycles. The van der Waals surface area contributed by atoms with Gasteiger partial charge in [-0.3, -0.25) is 9.36 Å². The summed E-state index contributed by atoms with van der Waals surface area (Å²) < 4.78 is 24.0. The zero-order valence-electron chi connectivity index (χ0n) is 14.2. The van der Waals surface area contributed by atoms with Crippen LogP contribution in [0.3, 0.4) is 0 Å². The smallest absolute Gasteiger partial charge is 0.309 e. The zero-order valence-corrected chi connectivity index (χ0v) is 15.9. The van der Waals surface area contributed by atoms with Crippen LogP contribution in [0.5, 0.6) is 0 Å². The molecule has 130 valence electrons. The summed E-state index contributed by atoms with van der Waals surface area (Å²) in [6.07, 6.45) is 2.52. The first kappa shape index (κ1) is 20.4. The first-order valence-corrected chi connectivity index (χ1v) is 10.7. The standard InChI is InChI=1S/C17H27O4PS/c1-4-20-22(19,21-5-2)17(14-23-15(3)18)13-9-12-16-10-7-6-8-11-16/h6-8,10-11,17H,4-5,9,12-14H2,1-3H3. The van der Waals surface area contributed by atoms with E-state index in [0.717, 1.165) is 12.8 Å². The van der Waals surface area contributed by atoms with Gasteiger partial charge in [0.1, 0.15) is 0 Å². The molecule has 23 heavy (non-hydrogen) atoms. The SMILES string of the molecule is CCOP(=O)(OCC)C(CCCc1ccccc1)CSC(C)=O. The molecule has 0 bridgehead atoms. The molecule has 1 rings (SSSR count). The second-order valence-electron chi connectivity index (χ2n) is 5.21. The molecule has 0 aliphatic rings. The third-order valence-corrected chi connectivity index (χ3v) is 7.18. The Labute approximate surface area is 143 Å². The van der Waals surface area contributed by atoms with Gasteiger partial charge in [0.2, 0.25) is 0 Å². The van der Waals surface area contributed by atoms with Crippen LogP contribution in [0.15, 0.2) is 30.3 Å². The van der Waals surface area contributed by atoms with Gasteiger partial charge in [0, 0.05) is 12.7 Å². The topological polar surface area (TPSA) is 52.6 Å². The third kappa shape index (κ3) is 7.67. The van der Waals surface area contributed by atoms with E-state index in [4.69, 9.17) is 9.05 Å². The minimum atomic E-state index is -3.18. The van der Waals surface area contributed by atoms with Gasteiger partial charge in [-0.1, -0.05) is 42.1 Å². The van der Waals surface area contributed by atoms with Crippen LogP contribution in [0.25, 0.3) is 0 Å². The fourth-order valence-corrected chi connectivity index (χ4v) is 5.60. The van der Waals surface area contributed by atoms with Gasteiger partial charge in [0.15, 0.2) is 5.12 Å². The molecule has 1 atom stereocenters. The van der Waals surface area contributed by atoms with Crippen LogP contribution in [0.2, 0.25) is 0 Å². The maximum atomic E-state index is 13.0. The first-order valence-electron chi connectivity index (χ1n) is 8.08. The average Bonchev–Trinajstić information content (AvgIpc) is 2.51. The van der Waals surface area contributed by atoms with Crippen LogP contribution in [0.1, 0.15) is 39.2 Å². The summed E-state index contributed by atoms with van der Waals surface area (Å²) in [5.74, 6) is 0.474. The number of thioether (sulfide) groups is 1. The molecule has 0 amide bonds. The maximum absolute atomic E-state index is 13.0. The van der Waals surface area contributed by atoms with Gasteiger partial charge in [-0.15, -0.1) is 0 Å². The number of benzene rings is 1. The Hall–Kier alpha value is -0.610. The Morgan fingerprint density at radius 2 is 1.78 bits per heavy atom. The number of carbonyl (C=O) groups is 1. The lowest BCUT2D eigenvalue weighted by molar-refractivity contribution is -0.109. The zero-order chi connectivity index (χ0) is 17.1. The molecular weight excluding hydrogens is 331 g/mol. The molecule has 0 aromatic heterocycles. The summed E-state index contributed by atoms with van der Waals surface area (Å²) in [6, 6.07) is 10.2. The van der Waals surface area contributed by atoms with Gasteiger partial charge in [-0.05, 0) is 38.7 Å². The summed E-state index contributed by atoms with van der Waals surface area (Å²) in [5, 5.41) is 0.0256. The minimum absolute atomic E-state index is 0.0256. The van der Waals surface area contributed by atoms with E-state index in [0.29, 0.717) is 25.4 Å². The molecule has 6 heteroatoms. The Morgan fingerprint density at radius 3 is 2.30 bits per heavy atom. The van der Waals surface area contributed by atoms with E-state index in [1.807, 2.05) is 32.0 Å². The van der Waals surface area contributed by atoms with Crippen molar-refractivity contribution in [3.05, 3.63) is 35.9 Å². The molecule has 0 radical (unpaired) electrons. The van der Waals surface area contributed by atoms with Crippen LogP contribution in [0.4, 0.5) is 0 Å². The molecule has 0 heterocycles. The van der Waals surface area contributed by atoms with Crippen molar-refractivity contribution in [2.75, 3.05) is 19.0 Å². The van der Waals surface area contributed by atoms with Crippen LogP contribution in [0, 0.1) is 0 Å². The molecule has 0 spiro atoms. The van der Waals surface area contributed by atoms with Crippen LogP contribution >= 0.6 is 19.4 Å². The van der Waals surface area contributed by atoms with E-state index in [2.05, 4.69) is 12.1 Å². The first-order chi connectivity index (χ1) is 11.0. The summed E-state index contributed by atoms with van der Waals surface area (Å²) >= 11 is 1.19. The van der Waals surface area contributed by atoms with Crippen LogP contribution in [-0.2, 0) is 24.8 Å². The van der Waals surface area contributed by atoms with E-state index >= 15 is 0 Å². The lowest BCUT2D eigenvalue weighted by Gasteiger charge is -2.26. The van der Waals surface area contributed by atoms with E-state index in [9.17, 15) is 9.36 Å². The second-order valence-corrected chi connectivity index (χ2v) is 8.73. The molecule has 1 aromatic carbocycles. The quantitative estimate of drug-likeness (QED) is 0.525. The second kappa shape index (κ2) is 11.0. The third-order valence-electron chi connectivity index (χ3n) is 3.39. The normalized spacial score (nSPS) is 13.0. The van der Waals surface area contributed by atoms with E-state index in [1.165, 1.54) is 24.2 Å². The van der Waals surface area contributed by atoms with E-state index < -0.39 is 7.60 Å². The predicted octanol–water partition coefficient (Wildman–Crippen LogP) is 4.92. The van der Waals surface area contributed by atoms with Gasteiger partial charge in [0.25, 0.3) is 0 Å². The largest absolute Gasteiger partial charge is 0.334 e. The summed E-state index contributed by atoms with van der Waals surface area (Å²) in [7, 11) is -3.18. The lowest BCUT2D eigenvalue weighted by atomic mass is 10.1. The number of rotatable bonds is 11. The lowest BCUT2D eigenvalue weighted by Crippen LogP contribution is -2.17. The van der Waals surface area contributed by atoms with E-state index in [-0.39, 0.29) is 10.8 Å². The molecule has 4 nitrogen and oxygen atoms in total. The van der Waals surface area contributed by atoms with Crippen molar-refractivity contribution < 1.29 is 18.4 Å². The molecule has 0 saturated heterocycles. The minimum Gasteiger partial charge on any atom is -0.309 e. The molecule has 0 fully saturated rings. The molecule has 1 aromatic rings. The number of aryl methyl sites for hydroxylation is 1. The van der Waals surface area contributed by atoms with Gasteiger partial charge in [-0.25, -0.2) is 0 Å². The highest BCUT2D eigenvalue weighted by Crippen LogP contribution is 2.55. The Balaban J connectivity index is 2.69. The fourth-order valence-electron chi connectivity index (χ4n) is 2.34. The fraction of sp³-hybridized carbons (Fsp3) is 0.588. The van der Waals surface area contributed by atoms with Crippen molar-refractivity contribution in [2.24, 2.45) is 0 Å². The van der Waals surface area contributed by atoms with Crippen molar-refractivity contribution >= 4 is 24.5 Å². The number of hydrogen-bond acceptors (Lipinski definition) is 5. The van der Waals surface area contributed by atoms with Crippen molar-refractivity contribution in [3.8, 4) is 0 Å². The van der Waals surface area contributed by atoms with E-state index in [1.54, 1.807) is 0 Å². The van der Waals surface area contributed by atoms with Gasteiger partial charge >= 0.3 is 7.60 Å². The predicted molar refractivity (Wildman–Crippen MR) is 97.2 cm³/mol. The monoisotopic (exact) mass is 358 g/mol. The Morgan fingerprint density at radius 1 is 1.17 bits per heavy atom. The van der Waals surface area contributed by atoms with Crippen molar-refractivity contribution in [3.63, 3.8) is 0 Å². The summed E-state index contributed by atoms with van der Waals surface area (Å²) in [5.41, 5.74) is 1.01. The van der Waals surface area contributed by atoms with Crippen molar-refractivity contribution in [1.82, 2.24) is 0 Å². The molecule has 0 N–H and O–H groups in total. The summed E-state index contributed by atoms with van der Waals surface area (Å²) in [4.78, 5) is 11.3. The molecular formula is C17H27O4PS. The van der Waals surface area contributed by atoms with Gasteiger partial charge < -0.3 is 9.05 Å². The molecule has 1 unspecified atom stereocenters. The highest BCUT2D eigenvalue weighted by molar-refractivity contribution is 8.13. The average molecular weight is 358 g/mol. The Bertz CT molecular complexity index is 497. The highest BCUT2D eigenvalue weighted by Gasteiger charge is 2.35. The Kier molecular flexibility index (Phi) is 9.80. The van der Waals surface area contributed by atoms with Gasteiger partial charge in [-0.2, -0.15) is 0 Å².